The maximum atomic E-state index is 9.43. The van der Waals surface area contributed by atoms with E-state index in [9.17, 15) is 5.11 Å². The molecule has 0 saturated carbocycles. The minimum atomic E-state index is -0.544. The predicted octanol–water partition coefficient (Wildman–Crippen LogP) is 2.83. The Morgan fingerprint density at radius 1 is 1.23 bits per heavy atom. The Bertz CT molecular complexity index is 1030. The zero-order valence-electron chi connectivity index (χ0n) is 16.8. The Hall–Kier alpha value is -2.23. The number of ether oxygens (including phenoxy) is 3. The lowest BCUT2D eigenvalue weighted by atomic mass is 9.99. The average molecular weight is 433 g/mol. The summed E-state index contributed by atoms with van der Waals surface area (Å²) in [4.78, 5) is 10.7. The molecule has 3 aromatic rings. The number of nitrogen functional groups attached to an aromatic ring is 1. The van der Waals surface area contributed by atoms with Gasteiger partial charge in [0.15, 0.2) is 5.79 Å². The lowest BCUT2D eigenvalue weighted by Gasteiger charge is -2.22. The molecule has 2 fully saturated rings. The molecule has 2 aliphatic rings. The van der Waals surface area contributed by atoms with Gasteiger partial charge in [-0.15, -0.1) is 0 Å². The molecule has 0 aliphatic carbocycles. The summed E-state index contributed by atoms with van der Waals surface area (Å²) < 4.78 is 17.5. The average Bonchev–Trinajstić information content (AvgIpc) is 3.39. The van der Waals surface area contributed by atoms with E-state index < -0.39 is 5.79 Å². The third-order valence-electron chi connectivity index (χ3n) is 5.21. The van der Waals surface area contributed by atoms with Crippen molar-refractivity contribution in [3.8, 4) is 0 Å². The molecule has 8 nitrogen and oxygen atoms in total. The number of aliphatic hydroxyl groups is 1. The second kappa shape index (κ2) is 8.49. The molecule has 160 valence electrons. The number of benzene rings is 1. The van der Waals surface area contributed by atoms with Crippen LogP contribution in [0.4, 0.5) is 5.82 Å². The van der Waals surface area contributed by atoms with Crippen LogP contribution < -0.4 is 5.73 Å². The molecule has 3 unspecified atom stereocenters. The quantitative estimate of drug-likeness (QED) is 0.582. The minimum Gasteiger partial charge on any atom is -0.392 e. The zero-order valence-corrected chi connectivity index (χ0v) is 17.6. The van der Waals surface area contributed by atoms with Gasteiger partial charge in [0.25, 0.3) is 0 Å². The van der Waals surface area contributed by atoms with Crippen molar-refractivity contribution in [1.82, 2.24) is 15.0 Å². The second-order valence-electron chi connectivity index (χ2n) is 7.78. The van der Waals surface area contributed by atoms with Crippen LogP contribution in [0.25, 0.3) is 11.0 Å². The molecule has 9 heteroatoms. The van der Waals surface area contributed by atoms with Crippen molar-refractivity contribution in [1.29, 1.82) is 0 Å². The number of aliphatic hydroxyl groups excluding tert-OH is 1. The van der Waals surface area contributed by atoms with Crippen LogP contribution >= 0.6 is 11.6 Å². The van der Waals surface area contributed by atoms with Crippen molar-refractivity contribution >= 4 is 28.5 Å². The lowest BCUT2D eigenvalue weighted by Crippen LogP contribution is -2.31. The predicted molar refractivity (Wildman–Crippen MR) is 113 cm³/mol. The van der Waals surface area contributed by atoms with E-state index >= 15 is 0 Å². The van der Waals surface area contributed by atoms with E-state index in [2.05, 4.69) is 15.0 Å². The first-order valence-corrected chi connectivity index (χ1v) is 10.1. The van der Waals surface area contributed by atoms with Crippen molar-refractivity contribution in [3.63, 3.8) is 0 Å². The van der Waals surface area contributed by atoms with Crippen LogP contribution in [-0.2, 0) is 27.2 Å². The van der Waals surface area contributed by atoms with Gasteiger partial charge in [0.05, 0.1) is 24.7 Å². The highest BCUT2D eigenvalue weighted by Crippen LogP contribution is 2.36. The fraction of sp³-hybridized carbons (Fsp3) is 0.429. The van der Waals surface area contributed by atoms with Crippen LogP contribution in [0.2, 0.25) is 5.02 Å². The zero-order chi connectivity index (χ0) is 21.3. The highest BCUT2D eigenvalue weighted by Gasteiger charge is 2.49. The number of nitrogens with one attached hydrogen (secondary N) is 1. The standard InChI is InChI=1S/C15H19ClO4.C6H6N4/c1-15(2)19-13-8-18-12(14(13)20-15)6-9-3-4-11(16)5-10(9)7-17;7-5-4-1-2-8-6(4)10-3-9-5/h3-5,12-14,17H,6-8H2,1-2H3;1-3H,(H3,7,8,9,10). The summed E-state index contributed by atoms with van der Waals surface area (Å²) in [6, 6.07) is 7.41. The molecular formula is C21H25ClN4O4. The van der Waals surface area contributed by atoms with Gasteiger partial charge in [-0.3, -0.25) is 0 Å². The van der Waals surface area contributed by atoms with Crippen molar-refractivity contribution in [2.45, 2.75) is 51.0 Å². The van der Waals surface area contributed by atoms with Gasteiger partial charge in [-0.2, -0.15) is 0 Å². The molecular weight excluding hydrogens is 408 g/mol. The van der Waals surface area contributed by atoms with E-state index in [0.717, 1.165) is 22.2 Å². The molecule has 0 bridgehead atoms. The van der Waals surface area contributed by atoms with E-state index in [1.165, 1.54) is 6.33 Å². The summed E-state index contributed by atoms with van der Waals surface area (Å²) in [6.07, 6.45) is 3.82. The molecule has 4 heterocycles. The largest absolute Gasteiger partial charge is 0.392 e. The smallest absolute Gasteiger partial charge is 0.164 e. The first-order chi connectivity index (χ1) is 14.4. The van der Waals surface area contributed by atoms with Gasteiger partial charge in [-0.25, -0.2) is 9.97 Å². The monoisotopic (exact) mass is 432 g/mol. The Morgan fingerprint density at radius 2 is 2.07 bits per heavy atom. The highest BCUT2D eigenvalue weighted by atomic mass is 35.5. The fourth-order valence-corrected chi connectivity index (χ4v) is 4.04. The molecule has 0 radical (unpaired) electrons. The SMILES string of the molecule is CC1(C)OC2COC(Cc3ccc(Cl)cc3CO)C2O1.Nc1ncnc2[nH]ccc12. The number of rotatable bonds is 3. The first kappa shape index (κ1) is 21.0. The molecule has 1 aromatic carbocycles. The number of aromatic nitrogens is 3. The Labute approximate surface area is 179 Å². The second-order valence-corrected chi connectivity index (χ2v) is 8.22. The maximum Gasteiger partial charge on any atom is 0.164 e. The summed E-state index contributed by atoms with van der Waals surface area (Å²) in [6.45, 7) is 4.37. The Kier molecular flexibility index (Phi) is 5.95. The first-order valence-electron chi connectivity index (χ1n) is 9.75. The maximum absolute atomic E-state index is 9.43. The van der Waals surface area contributed by atoms with Crippen molar-refractivity contribution in [2.75, 3.05) is 12.3 Å². The summed E-state index contributed by atoms with van der Waals surface area (Å²) in [5, 5.41) is 10.9. The Morgan fingerprint density at radius 3 is 2.83 bits per heavy atom. The van der Waals surface area contributed by atoms with Crippen molar-refractivity contribution in [2.24, 2.45) is 0 Å². The van der Waals surface area contributed by atoms with Crippen LogP contribution in [0.5, 0.6) is 0 Å². The molecule has 4 N–H and O–H groups in total. The fourth-order valence-electron chi connectivity index (χ4n) is 3.85. The molecule has 2 aromatic heterocycles. The number of nitrogens with zero attached hydrogens (tertiary/aromatic N) is 2. The minimum absolute atomic E-state index is 0.000114. The third-order valence-corrected chi connectivity index (χ3v) is 5.44. The van der Waals surface area contributed by atoms with E-state index in [1.54, 1.807) is 12.3 Å². The van der Waals surface area contributed by atoms with E-state index in [-0.39, 0.29) is 24.9 Å². The number of anilines is 1. The van der Waals surface area contributed by atoms with E-state index in [1.807, 2.05) is 32.0 Å². The number of fused-ring (bicyclic) bond motifs is 2. The molecule has 2 saturated heterocycles. The van der Waals surface area contributed by atoms with Gasteiger partial charge >= 0.3 is 0 Å². The van der Waals surface area contributed by atoms with Crippen LogP contribution in [0, 0.1) is 0 Å². The molecule has 2 aliphatic heterocycles. The number of aromatic amines is 1. The molecule has 0 amide bonds. The van der Waals surface area contributed by atoms with Crippen LogP contribution in [-0.4, -0.2) is 50.8 Å². The molecule has 0 spiro atoms. The number of H-pyrrole nitrogens is 1. The van der Waals surface area contributed by atoms with Crippen molar-refractivity contribution in [3.05, 3.63) is 52.9 Å². The molecule has 30 heavy (non-hydrogen) atoms. The molecule has 5 rings (SSSR count). The number of hydrogen-bond donors (Lipinski definition) is 3. The highest BCUT2D eigenvalue weighted by molar-refractivity contribution is 6.30. The van der Waals surface area contributed by atoms with Crippen LogP contribution in [0.15, 0.2) is 36.8 Å². The van der Waals surface area contributed by atoms with Crippen LogP contribution in [0.1, 0.15) is 25.0 Å². The number of halogens is 1. The van der Waals surface area contributed by atoms with Crippen molar-refractivity contribution < 1.29 is 19.3 Å². The van der Waals surface area contributed by atoms with Gasteiger partial charge in [0.2, 0.25) is 0 Å². The lowest BCUT2D eigenvalue weighted by molar-refractivity contribution is -0.174. The van der Waals surface area contributed by atoms with Gasteiger partial charge in [-0.1, -0.05) is 17.7 Å². The van der Waals surface area contributed by atoms with Gasteiger partial charge in [-0.05, 0) is 43.2 Å². The van der Waals surface area contributed by atoms with Gasteiger partial charge in [0, 0.05) is 17.6 Å². The van der Waals surface area contributed by atoms with Gasteiger partial charge in [0.1, 0.15) is 30.0 Å². The summed E-state index contributed by atoms with van der Waals surface area (Å²) in [5.74, 6) is -0.0248. The van der Waals surface area contributed by atoms with E-state index in [0.29, 0.717) is 23.9 Å². The summed E-state index contributed by atoms with van der Waals surface area (Å²) in [7, 11) is 0. The topological polar surface area (TPSA) is 116 Å². The summed E-state index contributed by atoms with van der Waals surface area (Å²) >= 11 is 5.95. The van der Waals surface area contributed by atoms with Gasteiger partial charge < -0.3 is 30.0 Å². The number of nitrogens with two attached hydrogens (primary N) is 1. The normalized spacial score (nSPS) is 24.5. The summed E-state index contributed by atoms with van der Waals surface area (Å²) in [5.41, 5.74) is 8.19. The number of hydrogen-bond acceptors (Lipinski definition) is 7. The van der Waals surface area contributed by atoms with Crippen LogP contribution in [0.3, 0.4) is 0 Å². The van der Waals surface area contributed by atoms with E-state index in [4.69, 9.17) is 31.5 Å². The third kappa shape index (κ3) is 4.43. The molecule has 3 atom stereocenters. The Balaban J connectivity index is 0.000000181.